The van der Waals surface area contributed by atoms with Gasteiger partial charge in [-0.1, -0.05) is 0 Å². The highest BCUT2D eigenvalue weighted by Crippen LogP contribution is 2.34. The lowest BCUT2D eigenvalue weighted by Gasteiger charge is -2.11. The second kappa shape index (κ2) is 3.90. The quantitative estimate of drug-likeness (QED) is 0.789. The molecule has 9 heteroatoms. The van der Waals surface area contributed by atoms with Gasteiger partial charge in [-0.3, -0.25) is 0 Å². The second-order valence-corrected chi connectivity index (χ2v) is 2.93. The number of aromatic carboxylic acids is 1. The molecule has 0 saturated carbocycles. The van der Waals surface area contributed by atoms with Crippen LogP contribution in [0.15, 0.2) is 12.1 Å². The molecule has 1 rings (SSSR count). The van der Waals surface area contributed by atoms with Crippen molar-refractivity contribution in [3.63, 3.8) is 0 Å². The smallest absolute Gasteiger partial charge is 0.433 e. The monoisotopic (exact) mass is 259 g/mol. The zero-order valence-electron chi connectivity index (χ0n) is 7.73. The van der Waals surface area contributed by atoms with Gasteiger partial charge in [0, 0.05) is 0 Å². The number of nitrogens with zero attached hydrogens (tertiary/aromatic N) is 1. The summed E-state index contributed by atoms with van der Waals surface area (Å²) in [5.41, 5.74) is -4.92. The third-order valence-electron chi connectivity index (χ3n) is 1.66. The van der Waals surface area contributed by atoms with Crippen LogP contribution in [-0.2, 0) is 12.4 Å². The Kier molecular flexibility index (Phi) is 3.04. The van der Waals surface area contributed by atoms with Gasteiger partial charge in [0.05, 0.1) is 5.56 Å². The fourth-order valence-corrected chi connectivity index (χ4v) is 0.949. The summed E-state index contributed by atoms with van der Waals surface area (Å²) in [5, 5.41) is 8.37. The minimum atomic E-state index is -5.15. The maximum atomic E-state index is 12.2. The van der Waals surface area contributed by atoms with Crippen LogP contribution in [0.1, 0.15) is 21.7 Å². The second-order valence-electron chi connectivity index (χ2n) is 2.93. The number of hydrogen-bond donors (Lipinski definition) is 1. The standard InChI is InChI=1S/C8H3F6NO2/c9-7(10,11)3-1-4(6(16)17)15-5(2-3)8(12,13)14/h1-2H,(H,16,17). The fourth-order valence-electron chi connectivity index (χ4n) is 0.949. The zero-order valence-corrected chi connectivity index (χ0v) is 7.73. The van der Waals surface area contributed by atoms with Crippen molar-refractivity contribution in [2.24, 2.45) is 0 Å². The molecule has 3 nitrogen and oxygen atoms in total. The first-order valence-electron chi connectivity index (χ1n) is 3.91. The molecular weight excluding hydrogens is 256 g/mol. The minimum Gasteiger partial charge on any atom is -0.477 e. The molecule has 1 aromatic heterocycles. The molecule has 0 aromatic carbocycles. The first kappa shape index (κ1) is 13.3. The topological polar surface area (TPSA) is 50.2 Å². The predicted octanol–water partition coefficient (Wildman–Crippen LogP) is 2.82. The molecule has 0 spiro atoms. The molecule has 1 N–H and O–H groups in total. The van der Waals surface area contributed by atoms with Crippen molar-refractivity contribution in [2.45, 2.75) is 12.4 Å². The maximum absolute atomic E-state index is 12.2. The van der Waals surface area contributed by atoms with Crippen molar-refractivity contribution < 1.29 is 36.2 Å². The van der Waals surface area contributed by atoms with Crippen molar-refractivity contribution >= 4 is 5.97 Å². The molecule has 0 fully saturated rings. The van der Waals surface area contributed by atoms with Crippen molar-refractivity contribution in [2.75, 3.05) is 0 Å². The largest absolute Gasteiger partial charge is 0.477 e. The SMILES string of the molecule is O=C(O)c1cc(C(F)(F)F)cc(C(F)(F)F)n1. The fraction of sp³-hybridized carbons (Fsp3) is 0.250. The third kappa shape index (κ3) is 3.08. The Hall–Kier alpha value is -1.80. The number of carbonyl (C=O) groups is 1. The minimum absolute atomic E-state index is 0.0393. The van der Waals surface area contributed by atoms with Gasteiger partial charge in [-0.25, -0.2) is 9.78 Å². The van der Waals surface area contributed by atoms with Gasteiger partial charge >= 0.3 is 18.3 Å². The Bertz CT molecular complexity index is 418. The Morgan fingerprint density at radius 2 is 1.59 bits per heavy atom. The average molecular weight is 259 g/mol. The van der Waals surface area contributed by atoms with E-state index >= 15 is 0 Å². The van der Waals surface area contributed by atoms with Crippen molar-refractivity contribution in [3.8, 4) is 0 Å². The summed E-state index contributed by atoms with van der Waals surface area (Å²) in [6.45, 7) is 0. The van der Waals surface area contributed by atoms with Crippen LogP contribution < -0.4 is 0 Å². The van der Waals surface area contributed by atoms with Crippen LogP contribution in [0.25, 0.3) is 0 Å². The van der Waals surface area contributed by atoms with Gasteiger partial charge in [-0.2, -0.15) is 26.3 Å². The normalized spacial score (nSPS) is 12.6. The Morgan fingerprint density at radius 1 is 1.06 bits per heavy atom. The molecular formula is C8H3F6NO2. The number of aromatic nitrogens is 1. The molecule has 0 aliphatic rings. The van der Waals surface area contributed by atoms with Crippen LogP contribution in [-0.4, -0.2) is 16.1 Å². The van der Waals surface area contributed by atoms with Gasteiger partial charge in [-0.05, 0) is 12.1 Å². The first-order chi connectivity index (χ1) is 7.51. The van der Waals surface area contributed by atoms with Gasteiger partial charge in [-0.15, -0.1) is 0 Å². The van der Waals surface area contributed by atoms with E-state index in [1.165, 1.54) is 0 Å². The summed E-state index contributed by atoms with van der Waals surface area (Å²) >= 11 is 0. The molecule has 0 atom stereocenters. The van der Waals surface area contributed by atoms with E-state index in [4.69, 9.17) is 5.11 Å². The number of halogens is 6. The lowest BCUT2D eigenvalue weighted by Crippen LogP contribution is -2.16. The number of rotatable bonds is 1. The summed E-state index contributed by atoms with van der Waals surface area (Å²) in [6, 6.07) is -0.204. The van der Waals surface area contributed by atoms with Crippen LogP contribution in [0.4, 0.5) is 26.3 Å². The van der Waals surface area contributed by atoms with E-state index in [0.717, 1.165) is 0 Å². The lowest BCUT2D eigenvalue weighted by atomic mass is 10.1. The Labute approximate surface area is 89.7 Å². The van der Waals surface area contributed by atoms with E-state index in [-0.39, 0.29) is 12.1 Å². The average Bonchev–Trinajstić information content (AvgIpc) is 2.14. The van der Waals surface area contributed by atoms with Gasteiger partial charge in [0.2, 0.25) is 0 Å². The molecule has 0 aliphatic heterocycles. The van der Waals surface area contributed by atoms with Crippen molar-refractivity contribution in [1.82, 2.24) is 4.98 Å². The molecule has 1 heterocycles. The van der Waals surface area contributed by atoms with Crippen LogP contribution in [0.3, 0.4) is 0 Å². The first-order valence-corrected chi connectivity index (χ1v) is 3.91. The van der Waals surface area contributed by atoms with E-state index in [2.05, 4.69) is 4.98 Å². The van der Waals surface area contributed by atoms with E-state index in [9.17, 15) is 31.1 Å². The summed E-state index contributed by atoms with van der Waals surface area (Å²) < 4.78 is 73.2. The van der Waals surface area contributed by atoms with Gasteiger partial charge in [0.15, 0.2) is 0 Å². The van der Waals surface area contributed by atoms with E-state index in [1.807, 2.05) is 0 Å². The number of pyridine rings is 1. The van der Waals surface area contributed by atoms with Gasteiger partial charge < -0.3 is 5.11 Å². The molecule has 0 bridgehead atoms. The number of carboxylic acid groups (broad SMARTS) is 1. The van der Waals surface area contributed by atoms with Gasteiger partial charge in [0.1, 0.15) is 11.4 Å². The van der Waals surface area contributed by atoms with Crippen LogP contribution >= 0.6 is 0 Å². The summed E-state index contributed by atoms with van der Waals surface area (Å²) in [4.78, 5) is 13.0. The van der Waals surface area contributed by atoms with Crippen LogP contribution in [0.2, 0.25) is 0 Å². The Morgan fingerprint density at radius 3 is 1.94 bits per heavy atom. The number of hydrogen-bond acceptors (Lipinski definition) is 2. The highest BCUT2D eigenvalue weighted by Gasteiger charge is 2.38. The maximum Gasteiger partial charge on any atom is 0.433 e. The summed E-state index contributed by atoms with van der Waals surface area (Å²) in [5.74, 6) is -1.97. The highest BCUT2D eigenvalue weighted by atomic mass is 19.4. The predicted molar refractivity (Wildman–Crippen MR) is 41.2 cm³/mol. The van der Waals surface area contributed by atoms with E-state index in [0.29, 0.717) is 0 Å². The summed E-state index contributed by atoms with van der Waals surface area (Å²) in [6.07, 6.45) is -10.2. The van der Waals surface area contributed by atoms with Crippen molar-refractivity contribution in [1.29, 1.82) is 0 Å². The molecule has 17 heavy (non-hydrogen) atoms. The molecule has 1 aromatic rings. The molecule has 0 radical (unpaired) electrons. The van der Waals surface area contributed by atoms with E-state index < -0.39 is 35.3 Å². The van der Waals surface area contributed by atoms with E-state index in [1.54, 1.807) is 0 Å². The number of alkyl halides is 6. The zero-order chi connectivity index (χ0) is 13.4. The third-order valence-corrected chi connectivity index (χ3v) is 1.66. The van der Waals surface area contributed by atoms with Crippen LogP contribution in [0, 0.1) is 0 Å². The number of carboxylic acids is 1. The summed E-state index contributed by atoms with van der Waals surface area (Å²) in [7, 11) is 0. The lowest BCUT2D eigenvalue weighted by molar-refractivity contribution is -0.145. The highest BCUT2D eigenvalue weighted by molar-refractivity contribution is 5.85. The molecule has 94 valence electrons. The molecule has 0 amide bonds. The molecule has 0 unspecified atom stereocenters. The molecule has 0 aliphatic carbocycles. The van der Waals surface area contributed by atoms with Crippen molar-refractivity contribution in [3.05, 3.63) is 29.1 Å². The van der Waals surface area contributed by atoms with Gasteiger partial charge in [0.25, 0.3) is 0 Å². The van der Waals surface area contributed by atoms with Crippen LogP contribution in [0.5, 0.6) is 0 Å². The Balaban J connectivity index is 3.45. The molecule has 0 saturated heterocycles.